The molecule has 0 amide bonds. The summed E-state index contributed by atoms with van der Waals surface area (Å²) in [6.07, 6.45) is 1.44. The molecule has 0 fully saturated rings. The largest absolute Gasteiger partial charge is 0.493 e. The van der Waals surface area contributed by atoms with E-state index in [1.54, 1.807) is 18.2 Å². The highest BCUT2D eigenvalue weighted by atomic mass is 19.1. The first-order chi connectivity index (χ1) is 10.7. The molecule has 4 aromatic rings. The van der Waals surface area contributed by atoms with Crippen LogP contribution < -0.4 is 5.69 Å². The molecule has 1 N–H and O–H groups in total. The fourth-order valence-electron chi connectivity index (χ4n) is 2.57. The second-order valence-corrected chi connectivity index (χ2v) is 4.89. The van der Waals surface area contributed by atoms with Crippen LogP contribution >= 0.6 is 0 Å². The van der Waals surface area contributed by atoms with Crippen molar-refractivity contribution in [2.24, 2.45) is 0 Å². The molecule has 0 spiro atoms. The minimum Gasteiger partial charge on any atom is -0.493 e. The molecule has 0 atom stereocenters. The van der Waals surface area contributed by atoms with Crippen LogP contribution in [0.1, 0.15) is 0 Å². The van der Waals surface area contributed by atoms with E-state index in [1.807, 2.05) is 6.07 Å². The summed E-state index contributed by atoms with van der Waals surface area (Å²) in [6, 6.07) is 12.5. The molecule has 108 valence electrons. The third kappa shape index (κ3) is 1.64. The number of hydrogen-bond acceptors (Lipinski definition) is 3. The number of nitrogens with zero attached hydrogens (tertiary/aromatic N) is 3. The van der Waals surface area contributed by atoms with Crippen LogP contribution in [0.3, 0.4) is 0 Å². The molecule has 22 heavy (non-hydrogen) atoms. The van der Waals surface area contributed by atoms with Gasteiger partial charge in [-0.05, 0) is 36.4 Å². The smallest absolute Gasteiger partial charge is 0.340 e. The van der Waals surface area contributed by atoms with Crippen molar-refractivity contribution in [2.45, 2.75) is 0 Å². The van der Waals surface area contributed by atoms with Crippen LogP contribution in [0.5, 0.6) is 5.88 Å². The summed E-state index contributed by atoms with van der Waals surface area (Å²) in [4.78, 5) is 16.9. The van der Waals surface area contributed by atoms with Gasteiger partial charge in [-0.25, -0.2) is 13.8 Å². The van der Waals surface area contributed by atoms with Crippen molar-refractivity contribution in [3.8, 4) is 11.6 Å². The number of aromatic hydroxyl groups is 1. The lowest BCUT2D eigenvalue weighted by Crippen LogP contribution is -2.19. The fraction of sp³-hybridized carbons (Fsp3) is 0. The maximum Gasteiger partial charge on any atom is 0.340 e. The minimum atomic E-state index is -0.433. The van der Waals surface area contributed by atoms with Crippen LogP contribution in [0, 0.1) is 5.82 Å². The predicted octanol–water partition coefficient (Wildman–Crippen LogP) is 2.48. The average Bonchev–Trinajstić information content (AvgIpc) is 2.80. The van der Waals surface area contributed by atoms with Crippen LogP contribution in [-0.2, 0) is 0 Å². The van der Waals surface area contributed by atoms with Crippen molar-refractivity contribution in [1.29, 1.82) is 0 Å². The molecule has 0 radical (unpaired) electrons. The van der Waals surface area contributed by atoms with Gasteiger partial charge in [0.2, 0.25) is 5.88 Å². The van der Waals surface area contributed by atoms with E-state index in [9.17, 15) is 14.3 Å². The summed E-state index contributed by atoms with van der Waals surface area (Å²) in [5.74, 6) is -0.637. The number of halogens is 1. The van der Waals surface area contributed by atoms with Crippen molar-refractivity contribution in [3.05, 3.63) is 71.0 Å². The molecule has 0 bridgehead atoms. The molecular formula is C16H10FN3O2. The Morgan fingerprint density at radius 2 is 1.73 bits per heavy atom. The van der Waals surface area contributed by atoms with Gasteiger partial charge in [0.25, 0.3) is 0 Å². The molecule has 2 aromatic carbocycles. The lowest BCUT2D eigenvalue weighted by molar-refractivity contribution is 0.446. The lowest BCUT2D eigenvalue weighted by atomic mass is 10.3. The quantitative estimate of drug-likeness (QED) is 0.587. The highest BCUT2D eigenvalue weighted by molar-refractivity contribution is 5.79. The lowest BCUT2D eigenvalue weighted by Gasteiger charge is -2.01. The Hall–Kier alpha value is -3.15. The summed E-state index contributed by atoms with van der Waals surface area (Å²) in [7, 11) is 0. The van der Waals surface area contributed by atoms with Gasteiger partial charge < -0.3 is 5.11 Å². The van der Waals surface area contributed by atoms with Gasteiger partial charge in [0, 0.05) is 0 Å². The number of rotatable bonds is 1. The zero-order valence-corrected chi connectivity index (χ0v) is 11.3. The van der Waals surface area contributed by atoms with Gasteiger partial charge in [-0.2, -0.15) is 0 Å². The van der Waals surface area contributed by atoms with E-state index in [2.05, 4.69) is 4.98 Å². The van der Waals surface area contributed by atoms with Crippen molar-refractivity contribution < 1.29 is 9.50 Å². The first kappa shape index (κ1) is 12.6. The van der Waals surface area contributed by atoms with Crippen LogP contribution in [0.4, 0.5) is 4.39 Å². The third-order valence-electron chi connectivity index (χ3n) is 3.60. The SMILES string of the molecule is O=c1n(-c2ccc(F)cc2)c(O)c2cnc3ccccc3n12. The molecule has 0 aliphatic heterocycles. The fourth-order valence-corrected chi connectivity index (χ4v) is 2.57. The molecule has 4 rings (SSSR count). The average molecular weight is 295 g/mol. The van der Waals surface area contributed by atoms with Crippen molar-refractivity contribution in [1.82, 2.24) is 14.0 Å². The summed E-state index contributed by atoms with van der Waals surface area (Å²) >= 11 is 0. The molecule has 0 unspecified atom stereocenters. The van der Waals surface area contributed by atoms with E-state index < -0.39 is 11.5 Å². The number of aromatic nitrogens is 3. The summed E-state index contributed by atoms with van der Waals surface area (Å²) in [5.41, 5.74) is 1.50. The zero-order chi connectivity index (χ0) is 15.3. The van der Waals surface area contributed by atoms with Gasteiger partial charge >= 0.3 is 5.69 Å². The zero-order valence-electron chi connectivity index (χ0n) is 11.3. The maximum atomic E-state index is 13.1. The molecular weight excluding hydrogens is 285 g/mol. The highest BCUT2D eigenvalue weighted by Crippen LogP contribution is 2.23. The molecule has 0 aliphatic carbocycles. The second-order valence-electron chi connectivity index (χ2n) is 4.89. The highest BCUT2D eigenvalue weighted by Gasteiger charge is 2.17. The van der Waals surface area contributed by atoms with E-state index in [0.29, 0.717) is 22.2 Å². The monoisotopic (exact) mass is 295 g/mol. The van der Waals surface area contributed by atoms with Gasteiger partial charge in [0.1, 0.15) is 11.3 Å². The van der Waals surface area contributed by atoms with Crippen molar-refractivity contribution in [3.63, 3.8) is 0 Å². The molecule has 0 saturated heterocycles. The minimum absolute atomic E-state index is 0.227. The number of benzene rings is 2. The Balaban J connectivity index is 2.15. The molecule has 2 heterocycles. The number of para-hydroxylation sites is 2. The van der Waals surface area contributed by atoms with E-state index in [4.69, 9.17) is 0 Å². The number of imidazole rings is 1. The van der Waals surface area contributed by atoms with Crippen molar-refractivity contribution in [2.75, 3.05) is 0 Å². The normalized spacial score (nSPS) is 11.3. The Bertz CT molecular complexity index is 1060. The van der Waals surface area contributed by atoms with E-state index in [0.717, 1.165) is 4.57 Å². The van der Waals surface area contributed by atoms with E-state index in [-0.39, 0.29) is 5.88 Å². The maximum absolute atomic E-state index is 13.1. The van der Waals surface area contributed by atoms with Crippen LogP contribution in [0.15, 0.2) is 59.5 Å². The third-order valence-corrected chi connectivity index (χ3v) is 3.60. The van der Waals surface area contributed by atoms with E-state index in [1.165, 1.54) is 34.9 Å². The summed E-state index contributed by atoms with van der Waals surface area (Å²) in [6.45, 7) is 0. The van der Waals surface area contributed by atoms with Gasteiger partial charge in [0.05, 0.1) is 22.9 Å². The molecule has 6 heteroatoms. The first-order valence-electron chi connectivity index (χ1n) is 6.63. The van der Waals surface area contributed by atoms with Gasteiger partial charge in [-0.3, -0.25) is 9.38 Å². The first-order valence-corrected chi connectivity index (χ1v) is 6.63. The predicted molar refractivity (Wildman–Crippen MR) is 79.9 cm³/mol. The van der Waals surface area contributed by atoms with Gasteiger partial charge in [0.15, 0.2) is 0 Å². The van der Waals surface area contributed by atoms with Crippen LogP contribution in [0.2, 0.25) is 0 Å². The molecule has 2 aromatic heterocycles. The Labute approximate surface area is 123 Å². The number of fused-ring (bicyclic) bond motifs is 3. The van der Waals surface area contributed by atoms with Crippen LogP contribution in [0.25, 0.3) is 22.2 Å². The van der Waals surface area contributed by atoms with Crippen molar-refractivity contribution >= 4 is 16.6 Å². The second kappa shape index (κ2) is 4.42. The summed E-state index contributed by atoms with van der Waals surface area (Å²) in [5, 5.41) is 10.4. The van der Waals surface area contributed by atoms with Gasteiger partial charge in [-0.15, -0.1) is 0 Å². The van der Waals surface area contributed by atoms with Crippen LogP contribution in [-0.4, -0.2) is 19.1 Å². The summed E-state index contributed by atoms with van der Waals surface area (Å²) < 4.78 is 15.6. The van der Waals surface area contributed by atoms with Gasteiger partial charge in [-0.1, -0.05) is 12.1 Å². The Morgan fingerprint density at radius 3 is 2.50 bits per heavy atom. The van der Waals surface area contributed by atoms with E-state index >= 15 is 0 Å². The Kier molecular flexibility index (Phi) is 2.53. The topological polar surface area (TPSA) is 59.5 Å². The standard InChI is InChI=1S/C16H10FN3O2/c17-10-5-7-11(8-6-10)19-15(21)14-9-18-12-3-1-2-4-13(12)20(14)16(19)22/h1-9,21H. The molecule has 0 saturated carbocycles. The molecule has 0 aliphatic rings. The molecule has 5 nitrogen and oxygen atoms in total. The number of hydrogen-bond donors (Lipinski definition) is 1. The Morgan fingerprint density at radius 1 is 1.00 bits per heavy atom.